The van der Waals surface area contributed by atoms with E-state index in [-0.39, 0.29) is 17.7 Å². The highest BCUT2D eigenvalue weighted by Gasteiger charge is 2.07. The van der Waals surface area contributed by atoms with Crippen LogP contribution in [0.1, 0.15) is 10.4 Å². The molecule has 0 aliphatic carbocycles. The number of carbonyl (C=O) groups excluding carboxylic acids is 2. The van der Waals surface area contributed by atoms with E-state index in [4.69, 9.17) is 11.6 Å². The van der Waals surface area contributed by atoms with Gasteiger partial charge in [0.25, 0.3) is 5.91 Å². The van der Waals surface area contributed by atoms with E-state index < -0.39 is 5.91 Å². The fourth-order valence-electron chi connectivity index (χ4n) is 0.842. The number of hydrogen-bond acceptors (Lipinski definition) is 4. The minimum atomic E-state index is -0.492. The summed E-state index contributed by atoms with van der Waals surface area (Å²) in [7, 11) is 1.47. The van der Waals surface area contributed by atoms with Gasteiger partial charge in [-0.2, -0.15) is 0 Å². The minimum absolute atomic E-state index is 0.207. The van der Waals surface area contributed by atoms with Gasteiger partial charge in [-0.3, -0.25) is 14.4 Å². The van der Waals surface area contributed by atoms with Crippen LogP contribution in [0.2, 0.25) is 5.15 Å². The standard InChI is InChI=1S/C9H10ClN3O3/c1-11-8(14)5-16-13-9(15)6-2-3-12-7(10)4-6/h2-4H,5H2,1H3,(H,11,14)(H,13,15). The Hall–Kier alpha value is -1.66. The van der Waals surface area contributed by atoms with E-state index in [2.05, 4.69) is 20.6 Å². The van der Waals surface area contributed by atoms with Gasteiger partial charge in [-0.15, -0.1) is 0 Å². The summed E-state index contributed by atoms with van der Waals surface area (Å²) >= 11 is 5.60. The van der Waals surface area contributed by atoms with Crippen molar-refractivity contribution in [2.24, 2.45) is 0 Å². The molecule has 1 rings (SSSR count). The van der Waals surface area contributed by atoms with Crippen molar-refractivity contribution < 1.29 is 14.4 Å². The fourth-order valence-corrected chi connectivity index (χ4v) is 1.02. The number of pyridine rings is 1. The third-order valence-corrected chi connectivity index (χ3v) is 1.84. The summed E-state index contributed by atoms with van der Waals surface area (Å²) in [5.74, 6) is -0.832. The minimum Gasteiger partial charge on any atom is -0.357 e. The summed E-state index contributed by atoms with van der Waals surface area (Å²) < 4.78 is 0. The second-order valence-corrected chi connectivity index (χ2v) is 3.15. The number of likely N-dealkylation sites (N-methyl/N-ethyl adjacent to an activating group) is 1. The van der Waals surface area contributed by atoms with Gasteiger partial charge >= 0.3 is 0 Å². The molecular formula is C9H10ClN3O3. The molecule has 0 atom stereocenters. The summed E-state index contributed by atoms with van der Waals surface area (Å²) in [6.45, 7) is -0.249. The number of halogens is 1. The first kappa shape index (κ1) is 12.4. The molecule has 0 aromatic carbocycles. The van der Waals surface area contributed by atoms with E-state index in [0.29, 0.717) is 5.56 Å². The predicted molar refractivity (Wildman–Crippen MR) is 56.7 cm³/mol. The number of hydroxylamine groups is 1. The van der Waals surface area contributed by atoms with Crippen LogP contribution in [0.3, 0.4) is 0 Å². The first-order valence-corrected chi connectivity index (χ1v) is 4.75. The smallest absolute Gasteiger partial charge is 0.275 e. The molecule has 2 amide bonds. The van der Waals surface area contributed by atoms with Gasteiger partial charge in [0.15, 0.2) is 6.61 Å². The van der Waals surface area contributed by atoms with Crippen molar-refractivity contribution in [1.29, 1.82) is 0 Å². The third-order valence-electron chi connectivity index (χ3n) is 1.64. The van der Waals surface area contributed by atoms with Crippen molar-refractivity contribution in [3.63, 3.8) is 0 Å². The number of aromatic nitrogens is 1. The summed E-state index contributed by atoms with van der Waals surface area (Å²) in [6.07, 6.45) is 1.40. The number of nitrogens with zero attached hydrogens (tertiary/aromatic N) is 1. The molecule has 0 spiro atoms. The van der Waals surface area contributed by atoms with Gasteiger partial charge in [-0.25, -0.2) is 10.5 Å². The Morgan fingerprint density at radius 1 is 1.56 bits per heavy atom. The van der Waals surface area contributed by atoms with Gasteiger partial charge in [0.05, 0.1) is 0 Å². The molecule has 86 valence electrons. The lowest BCUT2D eigenvalue weighted by Gasteiger charge is -2.04. The Bertz CT molecular complexity index is 397. The summed E-state index contributed by atoms with van der Waals surface area (Å²) in [6, 6.07) is 2.87. The first-order chi connectivity index (χ1) is 7.63. The highest BCUT2D eigenvalue weighted by Crippen LogP contribution is 2.06. The molecule has 0 unspecified atom stereocenters. The Morgan fingerprint density at radius 2 is 2.31 bits per heavy atom. The molecule has 1 heterocycles. The number of hydrogen-bond donors (Lipinski definition) is 2. The molecule has 0 radical (unpaired) electrons. The molecule has 2 N–H and O–H groups in total. The highest BCUT2D eigenvalue weighted by molar-refractivity contribution is 6.29. The Kier molecular flexibility index (Phi) is 4.68. The van der Waals surface area contributed by atoms with E-state index in [1.807, 2.05) is 0 Å². The average molecular weight is 244 g/mol. The van der Waals surface area contributed by atoms with Gasteiger partial charge in [0, 0.05) is 18.8 Å². The molecule has 6 nitrogen and oxygen atoms in total. The zero-order chi connectivity index (χ0) is 12.0. The van der Waals surface area contributed by atoms with Gasteiger partial charge in [-0.05, 0) is 12.1 Å². The van der Waals surface area contributed by atoms with Crippen LogP contribution in [0, 0.1) is 0 Å². The van der Waals surface area contributed by atoms with Gasteiger partial charge in [-0.1, -0.05) is 11.6 Å². The second kappa shape index (κ2) is 6.04. The molecule has 0 aliphatic heterocycles. The van der Waals surface area contributed by atoms with Gasteiger partial charge < -0.3 is 5.32 Å². The van der Waals surface area contributed by atoms with E-state index in [1.165, 1.54) is 25.4 Å². The Labute approximate surface area is 96.9 Å². The van der Waals surface area contributed by atoms with Crippen LogP contribution in [-0.4, -0.2) is 30.5 Å². The zero-order valence-corrected chi connectivity index (χ0v) is 9.25. The highest BCUT2D eigenvalue weighted by atomic mass is 35.5. The van der Waals surface area contributed by atoms with Crippen molar-refractivity contribution in [2.75, 3.05) is 13.7 Å². The maximum absolute atomic E-state index is 11.4. The zero-order valence-electron chi connectivity index (χ0n) is 8.49. The predicted octanol–water partition coefficient (Wildman–Crippen LogP) is 0.142. The van der Waals surface area contributed by atoms with Crippen molar-refractivity contribution >= 4 is 23.4 Å². The van der Waals surface area contributed by atoms with E-state index in [1.54, 1.807) is 0 Å². The lowest BCUT2D eigenvalue weighted by molar-refractivity contribution is -0.126. The van der Waals surface area contributed by atoms with Crippen molar-refractivity contribution in [1.82, 2.24) is 15.8 Å². The molecule has 0 fully saturated rings. The van der Waals surface area contributed by atoms with Crippen LogP contribution in [0.25, 0.3) is 0 Å². The van der Waals surface area contributed by atoms with Crippen LogP contribution < -0.4 is 10.8 Å². The quantitative estimate of drug-likeness (QED) is 0.582. The van der Waals surface area contributed by atoms with Gasteiger partial charge in [0.1, 0.15) is 5.15 Å². The molecule has 0 saturated heterocycles. The molecule has 16 heavy (non-hydrogen) atoms. The molecule has 7 heteroatoms. The van der Waals surface area contributed by atoms with Crippen LogP contribution in [0.15, 0.2) is 18.3 Å². The van der Waals surface area contributed by atoms with Crippen LogP contribution in [0.4, 0.5) is 0 Å². The van der Waals surface area contributed by atoms with Gasteiger partial charge in [0.2, 0.25) is 5.91 Å². The van der Waals surface area contributed by atoms with E-state index in [0.717, 1.165) is 0 Å². The van der Waals surface area contributed by atoms with Crippen molar-refractivity contribution in [2.45, 2.75) is 0 Å². The number of carbonyl (C=O) groups is 2. The molecule has 0 aliphatic rings. The third kappa shape index (κ3) is 3.84. The molecule has 0 bridgehead atoms. The number of nitrogens with one attached hydrogen (secondary N) is 2. The first-order valence-electron chi connectivity index (χ1n) is 4.37. The normalized spacial score (nSPS) is 9.62. The van der Waals surface area contributed by atoms with Crippen LogP contribution >= 0.6 is 11.6 Å². The number of amides is 2. The Morgan fingerprint density at radius 3 is 2.94 bits per heavy atom. The molecule has 1 aromatic rings. The average Bonchev–Trinajstić information content (AvgIpc) is 2.28. The molecular weight excluding hydrogens is 234 g/mol. The maximum atomic E-state index is 11.4. The SMILES string of the molecule is CNC(=O)CONC(=O)c1ccnc(Cl)c1. The summed E-state index contributed by atoms with van der Waals surface area (Å²) in [5.41, 5.74) is 2.41. The summed E-state index contributed by atoms with van der Waals surface area (Å²) in [5, 5.41) is 2.55. The lowest BCUT2D eigenvalue weighted by atomic mass is 10.3. The Balaban J connectivity index is 2.44. The largest absolute Gasteiger partial charge is 0.357 e. The molecule has 1 aromatic heterocycles. The topological polar surface area (TPSA) is 80.3 Å². The lowest BCUT2D eigenvalue weighted by Crippen LogP contribution is -2.31. The second-order valence-electron chi connectivity index (χ2n) is 2.76. The van der Waals surface area contributed by atoms with E-state index >= 15 is 0 Å². The van der Waals surface area contributed by atoms with Crippen molar-refractivity contribution in [3.8, 4) is 0 Å². The van der Waals surface area contributed by atoms with Crippen LogP contribution in [0.5, 0.6) is 0 Å². The summed E-state index contributed by atoms with van der Waals surface area (Å²) in [4.78, 5) is 30.6. The van der Waals surface area contributed by atoms with E-state index in [9.17, 15) is 9.59 Å². The van der Waals surface area contributed by atoms with Crippen molar-refractivity contribution in [3.05, 3.63) is 29.0 Å². The van der Waals surface area contributed by atoms with Crippen LogP contribution in [-0.2, 0) is 9.63 Å². The fraction of sp³-hybridized carbons (Fsp3) is 0.222. The number of rotatable bonds is 4. The monoisotopic (exact) mass is 243 g/mol. The molecule has 0 saturated carbocycles. The maximum Gasteiger partial charge on any atom is 0.275 e.